The lowest BCUT2D eigenvalue weighted by Gasteiger charge is -2.15. The number of nitrogens with one attached hydrogen (secondary N) is 2. The van der Waals surface area contributed by atoms with E-state index in [9.17, 15) is 0 Å². The van der Waals surface area contributed by atoms with Crippen LogP contribution in [0.2, 0.25) is 0 Å². The van der Waals surface area contributed by atoms with Crippen molar-refractivity contribution in [1.82, 2.24) is 20.2 Å². The van der Waals surface area contributed by atoms with Crippen molar-refractivity contribution in [2.75, 3.05) is 13.6 Å². The van der Waals surface area contributed by atoms with Gasteiger partial charge >= 0.3 is 0 Å². The molecule has 3 aromatic rings. The molecule has 7 heteroatoms. The van der Waals surface area contributed by atoms with Crippen molar-refractivity contribution < 1.29 is 0 Å². The fraction of sp³-hybridized carbons (Fsp3) is 0.300. The number of thiophene rings is 1. The van der Waals surface area contributed by atoms with Crippen LogP contribution < -0.4 is 10.6 Å². The van der Waals surface area contributed by atoms with E-state index in [2.05, 4.69) is 73.2 Å². The molecule has 144 valence electrons. The van der Waals surface area contributed by atoms with E-state index in [0.717, 1.165) is 25.6 Å². The Hall–Kier alpha value is -1.87. The van der Waals surface area contributed by atoms with E-state index in [1.165, 1.54) is 16.7 Å². The number of halogens is 1. The molecule has 0 saturated heterocycles. The normalized spacial score (nSPS) is 12.3. The Kier molecular flexibility index (Phi) is 8.80. The van der Waals surface area contributed by atoms with Gasteiger partial charge in [0.05, 0.1) is 6.33 Å². The van der Waals surface area contributed by atoms with Gasteiger partial charge < -0.3 is 15.2 Å². The quantitative estimate of drug-likeness (QED) is 0.295. The molecular weight excluding hydrogens is 469 g/mol. The summed E-state index contributed by atoms with van der Waals surface area (Å²) < 4.78 is 2.06. The Morgan fingerprint density at radius 1 is 1.19 bits per heavy atom. The second-order valence-electron chi connectivity index (χ2n) is 6.32. The molecule has 2 heterocycles. The van der Waals surface area contributed by atoms with Crippen LogP contribution in [0.3, 0.4) is 0 Å². The Labute approximate surface area is 182 Å². The van der Waals surface area contributed by atoms with Gasteiger partial charge in [0.25, 0.3) is 0 Å². The molecule has 0 saturated carbocycles. The smallest absolute Gasteiger partial charge is 0.191 e. The van der Waals surface area contributed by atoms with Gasteiger partial charge in [-0.15, -0.1) is 24.0 Å². The summed E-state index contributed by atoms with van der Waals surface area (Å²) in [6.45, 7) is 4.68. The highest BCUT2D eigenvalue weighted by Crippen LogP contribution is 2.17. The van der Waals surface area contributed by atoms with Crippen LogP contribution in [0.4, 0.5) is 0 Å². The first-order valence-electron chi connectivity index (χ1n) is 8.75. The van der Waals surface area contributed by atoms with E-state index in [-0.39, 0.29) is 24.0 Å². The van der Waals surface area contributed by atoms with Gasteiger partial charge in [-0.2, -0.15) is 11.3 Å². The minimum atomic E-state index is 0. The van der Waals surface area contributed by atoms with Crippen LogP contribution in [0.5, 0.6) is 0 Å². The summed E-state index contributed by atoms with van der Waals surface area (Å²) in [6, 6.07) is 10.8. The zero-order chi connectivity index (χ0) is 18.2. The molecule has 0 radical (unpaired) electrons. The van der Waals surface area contributed by atoms with Gasteiger partial charge in [0, 0.05) is 39.1 Å². The number of hydrogen-bond acceptors (Lipinski definition) is 3. The fourth-order valence-electron chi connectivity index (χ4n) is 2.68. The van der Waals surface area contributed by atoms with Gasteiger partial charge in [0.2, 0.25) is 0 Å². The van der Waals surface area contributed by atoms with Crippen molar-refractivity contribution in [1.29, 1.82) is 0 Å². The first-order valence-corrected chi connectivity index (χ1v) is 9.69. The second-order valence-corrected chi connectivity index (χ2v) is 7.10. The maximum Gasteiger partial charge on any atom is 0.191 e. The molecule has 3 rings (SSSR count). The van der Waals surface area contributed by atoms with Gasteiger partial charge in [0.1, 0.15) is 0 Å². The summed E-state index contributed by atoms with van der Waals surface area (Å²) in [7, 11) is 1.80. The number of rotatable bonds is 7. The summed E-state index contributed by atoms with van der Waals surface area (Å²) in [4.78, 5) is 8.38. The van der Waals surface area contributed by atoms with Gasteiger partial charge in [-0.05, 0) is 39.4 Å². The standard InChI is InChI=1S/C20H25N5S.HI/c1-16(19-7-10-26-14-19)11-23-20(21-2)24-12-17-3-5-18(6-4-17)13-25-9-8-22-15-25;/h3-10,14-16H,11-13H2,1-2H3,(H2,21,23,24);1H. The molecule has 2 N–H and O–H groups in total. The van der Waals surface area contributed by atoms with Crippen LogP contribution in [0.25, 0.3) is 0 Å². The molecule has 0 aliphatic heterocycles. The average Bonchev–Trinajstić information content (AvgIpc) is 3.37. The minimum absolute atomic E-state index is 0. The summed E-state index contributed by atoms with van der Waals surface area (Å²) in [5.74, 6) is 1.29. The fourth-order valence-corrected chi connectivity index (χ4v) is 3.47. The highest BCUT2D eigenvalue weighted by Gasteiger charge is 2.07. The molecule has 0 spiro atoms. The molecule has 0 bridgehead atoms. The third-order valence-corrected chi connectivity index (χ3v) is 5.02. The van der Waals surface area contributed by atoms with Crippen molar-refractivity contribution >= 4 is 41.3 Å². The van der Waals surface area contributed by atoms with Crippen LogP contribution in [0, 0.1) is 0 Å². The number of benzene rings is 1. The lowest BCUT2D eigenvalue weighted by Crippen LogP contribution is -2.38. The van der Waals surface area contributed by atoms with Crippen molar-refractivity contribution in [2.24, 2.45) is 4.99 Å². The van der Waals surface area contributed by atoms with Crippen molar-refractivity contribution in [2.45, 2.75) is 25.9 Å². The lowest BCUT2D eigenvalue weighted by atomic mass is 10.1. The summed E-state index contributed by atoms with van der Waals surface area (Å²) >= 11 is 1.74. The summed E-state index contributed by atoms with van der Waals surface area (Å²) in [6.07, 6.45) is 5.61. The van der Waals surface area contributed by atoms with Gasteiger partial charge in [-0.3, -0.25) is 4.99 Å². The van der Waals surface area contributed by atoms with Crippen LogP contribution in [0.15, 0.2) is 64.8 Å². The van der Waals surface area contributed by atoms with E-state index < -0.39 is 0 Å². The molecule has 1 unspecified atom stereocenters. The Morgan fingerprint density at radius 3 is 2.59 bits per heavy atom. The van der Waals surface area contributed by atoms with Crippen molar-refractivity contribution in [3.8, 4) is 0 Å². The molecule has 2 aromatic heterocycles. The maximum absolute atomic E-state index is 4.31. The zero-order valence-electron chi connectivity index (χ0n) is 15.6. The first-order chi connectivity index (χ1) is 12.7. The second kappa shape index (κ2) is 11.1. The monoisotopic (exact) mass is 495 g/mol. The predicted octanol–water partition coefficient (Wildman–Crippen LogP) is 4.08. The van der Waals surface area contributed by atoms with E-state index in [1.54, 1.807) is 24.6 Å². The summed E-state index contributed by atoms with van der Waals surface area (Å²) in [5, 5.41) is 11.1. The van der Waals surface area contributed by atoms with Crippen LogP contribution in [-0.4, -0.2) is 29.1 Å². The zero-order valence-corrected chi connectivity index (χ0v) is 18.8. The third-order valence-electron chi connectivity index (χ3n) is 4.32. The number of hydrogen-bond donors (Lipinski definition) is 2. The number of aliphatic imine (C=N–C) groups is 1. The molecule has 0 fully saturated rings. The van der Waals surface area contributed by atoms with Gasteiger partial charge in [-0.25, -0.2) is 4.98 Å². The number of guanidine groups is 1. The topological polar surface area (TPSA) is 54.2 Å². The van der Waals surface area contributed by atoms with E-state index in [0.29, 0.717) is 5.92 Å². The first kappa shape index (κ1) is 21.4. The highest BCUT2D eigenvalue weighted by molar-refractivity contribution is 14.0. The maximum atomic E-state index is 4.31. The molecule has 0 aliphatic rings. The van der Waals surface area contributed by atoms with Crippen LogP contribution in [0.1, 0.15) is 29.5 Å². The molecule has 0 aliphatic carbocycles. The third kappa shape index (κ3) is 6.66. The lowest BCUT2D eigenvalue weighted by molar-refractivity contribution is 0.701. The van der Waals surface area contributed by atoms with Crippen LogP contribution >= 0.6 is 35.3 Å². The molecule has 1 aromatic carbocycles. The van der Waals surface area contributed by atoms with E-state index in [1.807, 2.05) is 12.5 Å². The minimum Gasteiger partial charge on any atom is -0.356 e. The Balaban J connectivity index is 0.00000261. The van der Waals surface area contributed by atoms with E-state index >= 15 is 0 Å². The predicted molar refractivity (Wildman–Crippen MR) is 124 cm³/mol. The Morgan fingerprint density at radius 2 is 1.96 bits per heavy atom. The number of imidazole rings is 1. The van der Waals surface area contributed by atoms with Gasteiger partial charge in [-0.1, -0.05) is 31.2 Å². The van der Waals surface area contributed by atoms with Crippen molar-refractivity contribution in [3.63, 3.8) is 0 Å². The molecule has 1 atom stereocenters. The Bertz CT molecular complexity index is 798. The van der Waals surface area contributed by atoms with E-state index in [4.69, 9.17) is 0 Å². The highest BCUT2D eigenvalue weighted by atomic mass is 127. The summed E-state index contributed by atoms with van der Waals surface area (Å²) in [5.41, 5.74) is 3.86. The SMILES string of the molecule is CN=C(NCc1ccc(Cn2ccnc2)cc1)NCC(C)c1ccsc1.I. The molecular formula is C20H26IN5S. The number of nitrogens with zero attached hydrogens (tertiary/aromatic N) is 3. The molecule has 5 nitrogen and oxygen atoms in total. The molecule has 27 heavy (non-hydrogen) atoms. The molecule has 0 amide bonds. The van der Waals surface area contributed by atoms with Crippen LogP contribution in [-0.2, 0) is 13.1 Å². The van der Waals surface area contributed by atoms with Gasteiger partial charge in [0.15, 0.2) is 5.96 Å². The largest absolute Gasteiger partial charge is 0.356 e. The van der Waals surface area contributed by atoms with Crippen molar-refractivity contribution in [3.05, 3.63) is 76.5 Å². The average molecular weight is 495 g/mol. The number of aromatic nitrogens is 2.